The molecular formula is C18H28ClNO2. The van der Waals surface area contributed by atoms with Crippen LogP contribution in [0.5, 0.6) is 0 Å². The topological polar surface area (TPSA) is 32.7 Å². The number of aliphatic hydroxyl groups is 1. The van der Waals surface area contributed by atoms with E-state index in [1.807, 2.05) is 0 Å². The summed E-state index contributed by atoms with van der Waals surface area (Å²) in [6, 6.07) is 11.1. The second-order valence-electron chi connectivity index (χ2n) is 6.48. The fourth-order valence-corrected chi connectivity index (χ4v) is 4.06. The number of halogens is 1. The number of methoxy groups -OCH3 is 1. The van der Waals surface area contributed by atoms with Gasteiger partial charge in [0.2, 0.25) is 0 Å². The van der Waals surface area contributed by atoms with Gasteiger partial charge in [-0.25, -0.2) is 0 Å². The summed E-state index contributed by atoms with van der Waals surface area (Å²) in [6.45, 7) is 2.19. The summed E-state index contributed by atoms with van der Waals surface area (Å²) in [5.74, 6) is 0.682. The fraction of sp³-hybridized carbons (Fsp3) is 0.667. The first-order valence-corrected chi connectivity index (χ1v) is 8.29. The van der Waals surface area contributed by atoms with Gasteiger partial charge in [0.25, 0.3) is 0 Å². The van der Waals surface area contributed by atoms with Crippen LogP contribution in [0.4, 0.5) is 0 Å². The Morgan fingerprint density at radius 3 is 2.36 bits per heavy atom. The van der Waals surface area contributed by atoms with E-state index in [1.54, 1.807) is 7.11 Å². The van der Waals surface area contributed by atoms with Gasteiger partial charge in [-0.15, -0.1) is 12.4 Å². The maximum atomic E-state index is 10.5. The van der Waals surface area contributed by atoms with Crippen molar-refractivity contribution in [3.63, 3.8) is 0 Å². The highest BCUT2D eigenvalue weighted by Gasteiger charge is 2.36. The second kappa shape index (κ2) is 8.30. The summed E-state index contributed by atoms with van der Waals surface area (Å²) in [5, 5.41) is 10.5. The molecular weight excluding hydrogens is 298 g/mol. The molecule has 0 spiro atoms. The van der Waals surface area contributed by atoms with E-state index in [0.717, 1.165) is 25.9 Å². The Morgan fingerprint density at radius 1 is 1.05 bits per heavy atom. The van der Waals surface area contributed by atoms with Crippen molar-refractivity contribution >= 4 is 12.4 Å². The van der Waals surface area contributed by atoms with Crippen LogP contribution in [0.25, 0.3) is 0 Å². The minimum atomic E-state index is -0.322. The summed E-state index contributed by atoms with van der Waals surface area (Å²) in [5.41, 5.74) is 1.47. The molecule has 0 radical (unpaired) electrons. The predicted molar refractivity (Wildman–Crippen MR) is 91.7 cm³/mol. The lowest BCUT2D eigenvalue weighted by molar-refractivity contribution is -0.0852. The molecule has 124 valence electrons. The molecule has 2 aliphatic rings. The minimum Gasteiger partial charge on any atom is -0.389 e. The van der Waals surface area contributed by atoms with Crippen LogP contribution < -0.4 is 0 Å². The van der Waals surface area contributed by atoms with E-state index in [4.69, 9.17) is 4.74 Å². The molecule has 1 heterocycles. The summed E-state index contributed by atoms with van der Waals surface area (Å²) >= 11 is 0. The molecule has 4 heteroatoms. The van der Waals surface area contributed by atoms with Crippen molar-refractivity contribution in [1.82, 2.24) is 4.90 Å². The van der Waals surface area contributed by atoms with E-state index in [-0.39, 0.29) is 24.6 Å². The fourth-order valence-electron chi connectivity index (χ4n) is 4.06. The standard InChI is InChI=1S/C18H27NO2.ClH/c1-21-17-9-5-8-16(18(17)20)19-12-10-15(11-13-19)14-6-3-2-4-7-14;/h2-4,6-7,15-18,20H,5,8-13H2,1H3;1H/t16-,17+,18+;/m1./s1. The third kappa shape index (κ3) is 3.83. The van der Waals surface area contributed by atoms with Crippen LogP contribution in [0.3, 0.4) is 0 Å². The number of likely N-dealkylation sites (tertiary alicyclic amines) is 1. The zero-order valence-electron chi connectivity index (χ0n) is 13.4. The van der Waals surface area contributed by atoms with Gasteiger partial charge in [0, 0.05) is 13.2 Å². The minimum absolute atomic E-state index is 0. The van der Waals surface area contributed by atoms with Crippen molar-refractivity contribution in [2.75, 3.05) is 20.2 Å². The van der Waals surface area contributed by atoms with Crippen LogP contribution in [0, 0.1) is 0 Å². The summed E-state index contributed by atoms with van der Waals surface area (Å²) in [6.07, 6.45) is 5.37. The van der Waals surface area contributed by atoms with E-state index in [9.17, 15) is 5.11 Å². The Hall–Kier alpha value is -0.610. The van der Waals surface area contributed by atoms with Crippen LogP contribution in [0.2, 0.25) is 0 Å². The molecule has 0 aromatic heterocycles. The average Bonchev–Trinajstić information content (AvgIpc) is 2.56. The van der Waals surface area contributed by atoms with E-state index in [1.165, 1.54) is 24.8 Å². The van der Waals surface area contributed by atoms with Crippen molar-refractivity contribution in [2.24, 2.45) is 0 Å². The Labute approximate surface area is 140 Å². The molecule has 22 heavy (non-hydrogen) atoms. The first-order valence-electron chi connectivity index (χ1n) is 8.29. The highest BCUT2D eigenvalue weighted by molar-refractivity contribution is 5.85. The molecule has 0 amide bonds. The smallest absolute Gasteiger partial charge is 0.0956 e. The molecule has 1 aromatic rings. The Balaban J connectivity index is 0.00000176. The maximum Gasteiger partial charge on any atom is 0.0956 e. The average molecular weight is 326 g/mol. The van der Waals surface area contributed by atoms with Gasteiger partial charge < -0.3 is 9.84 Å². The molecule has 1 N–H and O–H groups in total. The third-order valence-corrected chi connectivity index (χ3v) is 5.34. The molecule has 3 atom stereocenters. The van der Waals surface area contributed by atoms with Crippen LogP contribution in [0.1, 0.15) is 43.6 Å². The van der Waals surface area contributed by atoms with Gasteiger partial charge in [-0.1, -0.05) is 30.3 Å². The second-order valence-corrected chi connectivity index (χ2v) is 6.48. The summed E-state index contributed by atoms with van der Waals surface area (Å²) in [7, 11) is 1.72. The number of aliphatic hydroxyl groups excluding tert-OH is 1. The van der Waals surface area contributed by atoms with E-state index >= 15 is 0 Å². The molecule has 1 saturated carbocycles. The van der Waals surface area contributed by atoms with Gasteiger partial charge >= 0.3 is 0 Å². The van der Waals surface area contributed by atoms with E-state index < -0.39 is 0 Å². The lowest BCUT2D eigenvalue weighted by atomic mass is 9.85. The Kier molecular flexibility index (Phi) is 6.69. The van der Waals surface area contributed by atoms with Crippen molar-refractivity contribution in [3.05, 3.63) is 35.9 Å². The van der Waals surface area contributed by atoms with Crippen molar-refractivity contribution in [3.8, 4) is 0 Å². The van der Waals surface area contributed by atoms with Gasteiger partial charge in [-0.2, -0.15) is 0 Å². The molecule has 1 saturated heterocycles. The number of benzene rings is 1. The number of rotatable bonds is 3. The monoisotopic (exact) mass is 325 g/mol. The first kappa shape index (κ1) is 17.7. The number of hydrogen-bond acceptors (Lipinski definition) is 3. The maximum absolute atomic E-state index is 10.5. The largest absolute Gasteiger partial charge is 0.389 e. The van der Waals surface area contributed by atoms with E-state index in [0.29, 0.717) is 12.0 Å². The number of hydrogen-bond donors (Lipinski definition) is 1. The summed E-state index contributed by atoms with van der Waals surface area (Å²) < 4.78 is 5.44. The molecule has 0 bridgehead atoms. The Bertz CT molecular complexity index is 434. The zero-order valence-corrected chi connectivity index (χ0v) is 14.2. The highest BCUT2D eigenvalue weighted by atomic mass is 35.5. The normalized spacial score (nSPS) is 30.7. The zero-order chi connectivity index (χ0) is 14.7. The molecule has 3 nitrogen and oxygen atoms in total. The Morgan fingerprint density at radius 2 is 1.73 bits per heavy atom. The van der Waals surface area contributed by atoms with Crippen LogP contribution in [-0.4, -0.2) is 48.5 Å². The summed E-state index contributed by atoms with van der Waals surface area (Å²) in [4.78, 5) is 2.50. The lowest BCUT2D eigenvalue weighted by Crippen LogP contribution is -2.53. The van der Waals surface area contributed by atoms with Crippen molar-refractivity contribution in [1.29, 1.82) is 0 Å². The highest BCUT2D eigenvalue weighted by Crippen LogP contribution is 2.32. The van der Waals surface area contributed by atoms with Crippen LogP contribution >= 0.6 is 12.4 Å². The SMILES string of the molecule is CO[C@H]1CCC[C@@H](N2CCC(c3ccccc3)CC2)[C@@H]1O.Cl. The number of piperidine rings is 1. The molecule has 2 fully saturated rings. The van der Waals surface area contributed by atoms with Gasteiger partial charge in [-0.3, -0.25) is 4.90 Å². The van der Waals surface area contributed by atoms with Gasteiger partial charge in [-0.05, 0) is 56.7 Å². The quantitative estimate of drug-likeness (QED) is 0.926. The molecule has 1 aliphatic heterocycles. The van der Waals surface area contributed by atoms with Crippen molar-refractivity contribution in [2.45, 2.75) is 56.3 Å². The van der Waals surface area contributed by atoms with Crippen LogP contribution in [-0.2, 0) is 4.74 Å². The molecule has 0 unspecified atom stereocenters. The molecule has 1 aromatic carbocycles. The lowest BCUT2D eigenvalue weighted by Gasteiger charge is -2.43. The predicted octanol–water partition coefficient (Wildman–Crippen LogP) is 3.22. The van der Waals surface area contributed by atoms with Crippen molar-refractivity contribution < 1.29 is 9.84 Å². The van der Waals surface area contributed by atoms with Gasteiger partial charge in [0.15, 0.2) is 0 Å². The van der Waals surface area contributed by atoms with E-state index in [2.05, 4.69) is 35.2 Å². The van der Waals surface area contributed by atoms with Crippen LogP contribution in [0.15, 0.2) is 30.3 Å². The number of ether oxygens (including phenoxy) is 1. The molecule has 1 aliphatic carbocycles. The number of nitrogens with zero attached hydrogens (tertiary/aromatic N) is 1. The first-order chi connectivity index (χ1) is 10.3. The molecule has 3 rings (SSSR count). The van der Waals surface area contributed by atoms with Gasteiger partial charge in [0.05, 0.1) is 12.2 Å². The third-order valence-electron chi connectivity index (χ3n) is 5.34. The van der Waals surface area contributed by atoms with Gasteiger partial charge in [0.1, 0.15) is 0 Å².